The van der Waals surface area contributed by atoms with Gasteiger partial charge in [-0.25, -0.2) is 12.8 Å². The molecule has 0 unspecified atom stereocenters. The lowest BCUT2D eigenvalue weighted by molar-refractivity contribution is -0.384. The molecule has 8 nitrogen and oxygen atoms in total. The highest BCUT2D eigenvalue weighted by atomic mass is 32.2. The summed E-state index contributed by atoms with van der Waals surface area (Å²) in [5, 5.41) is 13.6. The molecule has 11 heteroatoms. The number of carbonyl (C=O) groups excluding carboxylic acids is 1. The Balaban J connectivity index is 1.67. The van der Waals surface area contributed by atoms with Gasteiger partial charge in [0.2, 0.25) is 5.91 Å². The Morgan fingerprint density at radius 3 is 2.29 bits per heavy atom. The lowest BCUT2D eigenvalue weighted by Crippen LogP contribution is -2.41. The van der Waals surface area contributed by atoms with Crippen LogP contribution in [0.4, 0.5) is 15.8 Å². The van der Waals surface area contributed by atoms with Crippen LogP contribution in [0.5, 0.6) is 0 Å². The van der Waals surface area contributed by atoms with Crippen LogP contribution in [-0.4, -0.2) is 38.1 Å². The van der Waals surface area contributed by atoms with Gasteiger partial charge < -0.3 is 5.32 Å². The first kappa shape index (κ1) is 25.2. The SMILES string of the molecule is O=C(CN(c1ccc([N+](=O)[O-])cc1)S(=O)(=O)c1ccccc1)NCCSCc1ccccc1F. The highest BCUT2D eigenvalue weighted by Gasteiger charge is 2.27. The number of nitro benzene ring substituents is 1. The van der Waals surface area contributed by atoms with Crippen LogP contribution in [0, 0.1) is 15.9 Å². The zero-order chi connectivity index (χ0) is 24.6. The zero-order valence-electron chi connectivity index (χ0n) is 18.0. The van der Waals surface area contributed by atoms with Crippen molar-refractivity contribution in [2.45, 2.75) is 10.6 Å². The van der Waals surface area contributed by atoms with Crippen LogP contribution < -0.4 is 9.62 Å². The van der Waals surface area contributed by atoms with Crippen LogP contribution in [0.1, 0.15) is 5.56 Å². The largest absolute Gasteiger partial charge is 0.354 e. The first-order valence-electron chi connectivity index (χ1n) is 10.2. The van der Waals surface area contributed by atoms with E-state index in [2.05, 4.69) is 5.32 Å². The van der Waals surface area contributed by atoms with Gasteiger partial charge in [-0.3, -0.25) is 19.2 Å². The van der Waals surface area contributed by atoms with E-state index in [1.54, 1.807) is 36.4 Å². The molecule has 0 aliphatic heterocycles. The average Bonchev–Trinajstić information content (AvgIpc) is 2.84. The standard InChI is InChI=1S/C23H22FN3O5S2/c24-22-9-5-4-6-18(22)17-33-15-14-25-23(28)16-26(19-10-12-20(13-11-19)27(29)30)34(31,32)21-7-2-1-3-8-21/h1-13H,14-17H2,(H,25,28). The van der Waals surface area contributed by atoms with Gasteiger partial charge >= 0.3 is 0 Å². The van der Waals surface area contributed by atoms with E-state index in [-0.39, 0.29) is 28.6 Å². The summed E-state index contributed by atoms with van der Waals surface area (Å²) in [6.07, 6.45) is 0. The molecule has 0 atom stereocenters. The number of hydrogen-bond acceptors (Lipinski definition) is 6. The molecule has 1 N–H and O–H groups in total. The molecule has 0 aliphatic rings. The third-order valence-corrected chi connectivity index (χ3v) is 7.55. The minimum absolute atomic E-state index is 0.0124. The van der Waals surface area contributed by atoms with Crippen LogP contribution in [0.25, 0.3) is 0 Å². The number of amides is 1. The third kappa shape index (κ3) is 6.55. The van der Waals surface area contributed by atoms with Gasteiger partial charge in [0.15, 0.2) is 0 Å². The predicted octanol–water partition coefficient (Wildman–Crippen LogP) is 3.98. The van der Waals surface area contributed by atoms with Crippen molar-refractivity contribution in [2.75, 3.05) is 23.1 Å². The molecule has 0 aromatic heterocycles. The maximum atomic E-state index is 13.7. The number of nitrogens with one attached hydrogen (secondary N) is 1. The fourth-order valence-corrected chi connectivity index (χ4v) is 5.31. The van der Waals surface area contributed by atoms with Crippen molar-refractivity contribution in [3.05, 3.63) is 100 Å². The van der Waals surface area contributed by atoms with E-state index in [9.17, 15) is 27.7 Å². The second-order valence-corrected chi connectivity index (χ2v) is 10.1. The highest BCUT2D eigenvalue weighted by Crippen LogP contribution is 2.25. The number of halogens is 1. The molecular weight excluding hydrogens is 481 g/mol. The van der Waals surface area contributed by atoms with Crippen LogP contribution in [0.3, 0.4) is 0 Å². The number of nitro groups is 1. The summed E-state index contributed by atoms with van der Waals surface area (Å²) in [7, 11) is -4.10. The topological polar surface area (TPSA) is 110 Å². The summed E-state index contributed by atoms with van der Waals surface area (Å²) >= 11 is 1.43. The predicted molar refractivity (Wildman–Crippen MR) is 130 cm³/mol. The molecule has 0 saturated heterocycles. The smallest absolute Gasteiger partial charge is 0.269 e. The van der Waals surface area contributed by atoms with E-state index >= 15 is 0 Å². The van der Waals surface area contributed by atoms with Crippen molar-refractivity contribution in [3.63, 3.8) is 0 Å². The monoisotopic (exact) mass is 503 g/mol. The van der Waals surface area contributed by atoms with Crippen molar-refractivity contribution >= 4 is 39.1 Å². The van der Waals surface area contributed by atoms with Gasteiger partial charge in [0, 0.05) is 30.2 Å². The van der Waals surface area contributed by atoms with E-state index in [0.29, 0.717) is 17.1 Å². The Morgan fingerprint density at radius 1 is 1.00 bits per heavy atom. The molecule has 3 rings (SSSR count). The number of thioether (sulfide) groups is 1. The maximum absolute atomic E-state index is 13.7. The zero-order valence-corrected chi connectivity index (χ0v) is 19.6. The molecular formula is C23H22FN3O5S2. The van der Waals surface area contributed by atoms with Crippen molar-refractivity contribution in [2.24, 2.45) is 0 Å². The van der Waals surface area contributed by atoms with E-state index in [4.69, 9.17) is 0 Å². The molecule has 0 bridgehead atoms. The summed E-state index contributed by atoms with van der Waals surface area (Å²) in [5.41, 5.74) is 0.493. The Hall–Kier alpha value is -3.44. The Morgan fingerprint density at radius 2 is 1.65 bits per heavy atom. The van der Waals surface area contributed by atoms with E-state index in [0.717, 1.165) is 4.31 Å². The summed E-state index contributed by atoms with van der Waals surface area (Å²) in [5.74, 6) is 0.122. The van der Waals surface area contributed by atoms with Gasteiger partial charge in [0.1, 0.15) is 12.4 Å². The molecule has 0 aliphatic carbocycles. The first-order valence-corrected chi connectivity index (χ1v) is 12.8. The minimum Gasteiger partial charge on any atom is -0.354 e. The molecule has 1 amide bonds. The number of anilines is 1. The van der Waals surface area contributed by atoms with Gasteiger partial charge in [-0.05, 0) is 35.9 Å². The van der Waals surface area contributed by atoms with Crippen molar-refractivity contribution in [1.82, 2.24) is 5.32 Å². The second-order valence-electron chi connectivity index (χ2n) is 7.09. The summed E-state index contributed by atoms with van der Waals surface area (Å²) in [6.45, 7) is -0.246. The number of benzene rings is 3. The summed E-state index contributed by atoms with van der Waals surface area (Å²) < 4.78 is 41.0. The van der Waals surface area contributed by atoms with Crippen molar-refractivity contribution in [3.8, 4) is 0 Å². The number of nitrogens with zero attached hydrogens (tertiary/aromatic N) is 2. The lowest BCUT2D eigenvalue weighted by Gasteiger charge is -2.24. The molecule has 0 spiro atoms. The van der Waals surface area contributed by atoms with Gasteiger partial charge in [-0.1, -0.05) is 36.4 Å². The Bertz CT molecular complexity index is 1240. The van der Waals surface area contributed by atoms with Crippen LogP contribution >= 0.6 is 11.8 Å². The fourth-order valence-electron chi connectivity index (χ4n) is 3.02. The minimum atomic E-state index is -4.10. The van der Waals surface area contributed by atoms with Gasteiger partial charge in [0.05, 0.1) is 15.5 Å². The van der Waals surface area contributed by atoms with Crippen molar-refractivity contribution in [1.29, 1.82) is 0 Å². The van der Waals surface area contributed by atoms with E-state index in [1.165, 1.54) is 54.2 Å². The number of non-ortho nitro benzene ring substituents is 1. The number of carbonyl (C=O) groups is 1. The molecule has 0 fully saturated rings. The Labute approximate surface area is 201 Å². The molecule has 3 aromatic carbocycles. The number of rotatable bonds is 11. The highest BCUT2D eigenvalue weighted by molar-refractivity contribution is 7.98. The average molecular weight is 504 g/mol. The molecule has 0 radical (unpaired) electrons. The lowest BCUT2D eigenvalue weighted by atomic mass is 10.2. The second kappa shape index (κ2) is 11.6. The van der Waals surface area contributed by atoms with E-state index in [1.807, 2.05) is 0 Å². The molecule has 0 saturated carbocycles. The number of sulfonamides is 1. The Kier molecular flexibility index (Phi) is 8.61. The van der Waals surface area contributed by atoms with Crippen LogP contribution in [-0.2, 0) is 20.6 Å². The maximum Gasteiger partial charge on any atom is 0.269 e. The molecule has 178 valence electrons. The van der Waals surface area contributed by atoms with Crippen LogP contribution in [0.15, 0.2) is 83.8 Å². The quantitative estimate of drug-likeness (QED) is 0.241. The van der Waals surface area contributed by atoms with Gasteiger partial charge in [0.25, 0.3) is 15.7 Å². The van der Waals surface area contributed by atoms with Crippen molar-refractivity contribution < 1.29 is 22.5 Å². The van der Waals surface area contributed by atoms with Gasteiger partial charge in [-0.15, -0.1) is 0 Å². The van der Waals surface area contributed by atoms with Gasteiger partial charge in [-0.2, -0.15) is 11.8 Å². The van der Waals surface area contributed by atoms with Crippen LogP contribution in [0.2, 0.25) is 0 Å². The molecule has 0 heterocycles. The number of hydrogen-bond donors (Lipinski definition) is 1. The first-order chi connectivity index (χ1) is 16.3. The third-order valence-electron chi connectivity index (χ3n) is 4.75. The summed E-state index contributed by atoms with van der Waals surface area (Å²) in [6, 6.07) is 19.0. The fraction of sp³-hybridized carbons (Fsp3) is 0.174. The van der Waals surface area contributed by atoms with E-state index < -0.39 is 27.4 Å². The normalized spacial score (nSPS) is 11.1. The molecule has 3 aromatic rings. The summed E-state index contributed by atoms with van der Waals surface area (Å²) in [4.78, 5) is 22.9. The molecule has 34 heavy (non-hydrogen) atoms.